The Balaban J connectivity index is 2.20. The van der Waals surface area contributed by atoms with Gasteiger partial charge >= 0.3 is 0 Å². The first-order chi connectivity index (χ1) is 7.72. The summed E-state index contributed by atoms with van der Waals surface area (Å²) >= 11 is 4.08. The molecule has 1 atom stereocenters. The van der Waals surface area contributed by atoms with E-state index in [0.29, 0.717) is 0 Å². The summed E-state index contributed by atoms with van der Waals surface area (Å²) in [6.45, 7) is 6.73. The molecule has 0 heterocycles. The summed E-state index contributed by atoms with van der Waals surface area (Å²) in [6, 6.07) is 8.83. The van der Waals surface area contributed by atoms with Crippen LogP contribution in [0.2, 0.25) is 0 Å². The molecule has 0 amide bonds. The van der Waals surface area contributed by atoms with Crippen LogP contribution in [0.25, 0.3) is 0 Å². The molecule has 1 aromatic rings. The van der Waals surface area contributed by atoms with Crippen LogP contribution >= 0.6 is 23.5 Å². The lowest BCUT2D eigenvalue weighted by Crippen LogP contribution is -2.00. The zero-order chi connectivity index (χ0) is 11.8. The molecule has 0 nitrogen and oxygen atoms in total. The van der Waals surface area contributed by atoms with Crippen LogP contribution in [0.15, 0.2) is 29.2 Å². The molecule has 0 radical (unpaired) electrons. The highest BCUT2D eigenvalue weighted by Gasteiger charge is 2.03. The Labute approximate surface area is 109 Å². The number of rotatable bonds is 7. The first-order valence-electron chi connectivity index (χ1n) is 6.03. The van der Waals surface area contributed by atoms with Gasteiger partial charge in [0, 0.05) is 15.9 Å². The molecule has 0 saturated carbocycles. The van der Waals surface area contributed by atoms with Crippen LogP contribution in [0.5, 0.6) is 0 Å². The molecule has 1 rings (SSSR count). The number of unbranched alkanes of at least 4 members (excludes halogenated alkanes) is 1. The predicted octanol–water partition coefficient (Wildman–Crippen LogP) is 5.01. The lowest BCUT2D eigenvalue weighted by molar-refractivity contribution is 0.893. The molecule has 16 heavy (non-hydrogen) atoms. The lowest BCUT2D eigenvalue weighted by atomic mass is 10.2. The van der Waals surface area contributed by atoms with Crippen molar-refractivity contribution < 1.29 is 0 Å². The van der Waals surface area contributed by atoms with Gasteiger partial charge in [-0.3, -0.25) is 0 Å². The van der Waals surface area contributed by atoms with E-state index in [0.717, 1.165) is 5.25 Å². The average Bonchev–Trinajstić information content (AvgIpc) is 2.29. The minimum Gasteiger partial charge on any atom is -0.158 e. The van der Waals surface area contributed by atoms with Gasteiger partial charge in [-0.1, -0.05) is 38.0 Å². The van der Waals surface area contributed by atoms with Crippen molar-refractivity contribution in [1.29, 1.82) is 0 Å². The van der Waals surface area contributed by atoms with Gasteiger partial charge in [-0.2, -0.15) is 11.8 Å². The van der Waals surface area contributed by atoms with Gasteiger partial charge in [-0.15, -0.1) is 11.8 Å². The summed E-state index contributed by atoms with van der Waals surface area (Å²) in [5.74, 6) is 2.53. The van der Waals surface area contributed by atoms with Crippen molar-refractivity contribution in [3.63, 3.8) is 0 Å². The van der Waals surface area contributed by atoms with E-state index in [4.69, 9.17) is 0 Å². The van der Waals surface area contributed by atoms with Crippen molar-refractivity contribution in [3.8, 4) is 0 Å². The summed E-state index contributed by atoms with van der Waals surface area (Å²) < 4.78 is 0. The number of hydrogen-bond acceptors (Lipinski definition) is 2. The highest BCUT2D eigenvalue weighted by molar-refractivity contribution is 8.03. The standard InChI is InChI=1S/C14H22S2/c1-4-5-10-15-13(3)11-16-14-8-6-12(2)7-9-14/h6-9,13H,4-5,10-11H2,1-3H3. The Bertz CT molecular complexity index is 279. The molecule has 0 spiro atoms. The highest BCUT2D eigenvalue weighted by Crippen LogP contribution is 2.24. The van der Waals surface area contributed by atoms with Gasteiger partial charge in [0.1, 0.15) is 0 Å². The van der Waals surface area contributed by atoms with Gasteiger partial charge in [-0.25, -0.2) is 0 Å². The van der Waals surface area contributed by atoms with Crippen molar-refractivity contribution in [2.45, 2.75) is 43.8 Å². The van der Waals surface area contributed by atoms with E-state index in [9.17, 15) is 0 Å². The van der Waals surface area contributed by atoms with Crippen LogP contribution < -0.4 is 0 Å². The summed E-state index contributed by atoms with van der Waals surface area (Å²) in [5, 5.41) is 0.762. The first kappa shape index (κ1) is 14.0. The molecule has 0 aliphatic carbocycles. The van der Waals surface area contributed by atoms with Gasteiger partial charge in [0.15, 0.2) is 0 Å². The van der Waals surface area contributed by atoms with Crippen molar-refractivity contribution >= 4 is 23.5 Å². The number of hydrogen-bond donors (Lipinski definition) is 0. The summed E-state index contributed by atoms with van der Waals surface area (Å²) in [4.78, 5) is 1.40. The van der Waals surface area contributed by atoms with Gasteiger partial charge < -0.3 is 0 Å². The Morgan fingerprint density at radius 1 is 1.19 bits per heavy atom. The zero-order valence-corrected chi connectivity index (χ0v) is 12.2. The van der Waals surface area contributed by atoms with Gasteiger partial charge in [0.25, 0.3) is 0 Å². The van der Waals surface area contributed by atoms with Crippen molar-refractivity contribution in [1.82, 2.24) is 0 Å². The molecule has 0 aliphatic heterocycles. The SMILES string of the molecule is CCCCSC(C)CSc1ccc(C)cc1. The molecular formula is C14H22S2. The van der Waals surface area contributed by atoms with E-state index in [1.807, 2.05) is 11.8 Å². The fourth-order valence-corrected chi connectivity index (χ4v) is 3.53. The molecule has 2 heteroatoms. The largest absolute Gasteiger partial charge is 0.158 e. The molecule has 0 aliphatic rings. The van der Waals surface area contributed by atoms with Crippen LogP contribution in [0.4, 0.5) is 0 Å². The maximum absolute atomic E-state index is 2.33. The monoisotopic (exact) mass is 254 g/mol. The Morgan fingerprint density at radius 3 is 2.50 bits per heavy atom. The number of benzene rings is 1. The van der Waals surface area contributed by atoms with E-state index in [-0.39, 0.29) is 0 Å². The summed E-state index contributed by atoms with van der Waals surface area (Å²) in [6.07, 6.45) is 2.66. The smallest absolute Gasteiger partial charge is 0.0113 e. The van der Waals surface area contributed by atoms with Gasteiger partial charge in [-0.05, 0) is 31.2 Å². The fraction of sp³-hybridized carbons (Fsp3) is 0.571. The van der Waals surface area contributed by atoms with Crippen LogP contribution in [-0.2, 0) is 0 Å². The molecular weight excluding hydrogens is 232 g/mol. The van der Waals surface area contributed by atoms with Crippen molar-refractivity contribution in [2.24, 2.45) is 0 Å². The molecule has 0 bridgehead atoms. The molecule has 0 fully saturated rings. The van der Waals surface area contributed by atoms with E-state index >= 15 is 0 Å². The van der Waals surface area contributed by atoms with Crippen LogP contribution in [0.1, 0.15) is 32.3 Å². The quantitative estimate of drug-likeness (QED) is 0.495. The Morgan fingerprint density at radius 2 is 1.88 bits per heavy atom. The van der Waals surface area contributed by atoms with E-state index < -0.39 is 0 Å². The Kier molecular flexibility index (Phi) is 7.06. The minimum atomic E-state index is 0.762. The van der Waals surface area contributed by atoms with E-state index in [2.05, 4.69) is 56.8 Å². The van der Waals surface area contributed by atoms with Crippen LogP contribution in [0.3, 0.4) is 0 Å². The number of thioether (sulfide) groups is 2. The zero-order valence-electron chi connectivity index (χ0n) is 10.5. The number of aryl methyl sites for hydroxylation is 1. The summed E-state index contributed by atoms with van der Waals surface area (Å²) in [5.41, 5.74) is 1.34. The molecule has 1 aromatic carbocycles. The van der Waals surface area contributed by atoms with Gasteiger partial charge in [0.2, 0.25) is 0 Å². The topological polar surface area (TPSA) is 0 Å². The maximum Gasteiger partial charge on any atom is 0.0113 e. The van der Waals surface area contributed by atoms with Crippen molar-refractivity contribution in [2.75, 3.05) is 11.5 Å². The molecule has 0 saturated heterocycles. The van der Waals surface area contributed by atoms with Crippen molar-refractivity contribution in [3.05, 3.63) is 29.8 Å². The van der Waals surface area contributed by atoms with E-state index in [1.165, 1.54) is 34.8 Å². The minimum absolute atomic E-state index is 0.762. The molecule has 0 aromatic heterocycles. The highest BCUT2D eigenvalue weighted by atomic mass is 32.2. The van der Waals surface area contributed by atoms with Crippen LogP contribution in [0, 0.1) is 6.92 Å². The molecule has 90 valence electrons. The lowest BCUT2D eigenvalue weighted by Gasteiger charge is -2.10. The predicted molar refractivity (Wildman–Crippen MR) is 78.7 cm³/mol. The van der Waals surface area contributed by atoms with E-state index in [1.54, 1.807) is 0 Å². The molecule has 1 unspecified atom stereocenters. The molecule has 0 N–H and O–H groups in total. The third kappa shape index (κ3) is 5.86. The second-order valence-electron chi connectivity index (χ2n) is 4.16. The Hall–Kier alpha value is -0.0800. The fourth-order valence-electron chi connectivity index (χ4n) is 1.33. The first-order valence-corrected chi connectivity index (χ1v) is 8.07. The third-order valence-electron chi connectivity index (χ3n) is 2.41. The van der Waals surface area contributed by atoms with Crippen LogP contribution in [-0.4, -0.2) is 16.8 Å². The summed E-state index contributed by atoms with van der Waals surface area (Å²) in [7, 11) is 0. The average molecular weight is 254 g/mol. The second kappa shape index (κ2) is 8.08. The third-order valence-corrected chi connectivity index (χ3v) is 5.15. The maximum atomic E-state index is 2.33. The normalized spacial score (nSPS) is 12.7. The second-order valence-corrected chi connectivity index (χ2v) is 6.80. The van der Waals surface area contributed by atoms with Gasteiger partial charge in [0.05, 0.1) is 0 Å².